The molecular formula is C11H8F2N2O. The van der Waals surface area contributed by atoms with Crippen LogP contribution in [0.4, 0.5) is 8.78 Å². The third kappa shape index (κ3) is 2.13. The van der Waals surface area contributed by atoms with Crippen molar-refractivity contribution in [3.05, 3.63) is 63.8 Å². The van der Waals surface area contributed by atoms with Crippen LogP contribution < -0.4 is 5.56 Å². The molecule has 0 aliphatic rings. The number of rotatable bonds is 2. The fraction of sp³-hybridized carbons (Fsp3) is 0.0909. The molecule has 3 nitrogen and oxygen atoms in total. The highest BCUT2D eigenvalue weighted by molar-refractivity contribution is 5.22. The summed E-state index contributed by atoms with van der Waals surface area (Å²) in [5, 5.41) is 0. The highest BCUT2D eigenvalue weighted by atomic mass is 19.1. The van der Waals surface area contributed by atoms with Crippen LogP contribution in [0.15, 0.2) is 35.4 Å². The maximum absolute atomic E-state index is 13.3. The molecule has 82 valence electrons. The number of aromatic nitrogens is 2. The zero-order valence-corrected chi connectivity index (χ0v) is 8.21. The van der Waals surface area contributed by atoms with E-state index in [9.17, 15) is 13.6 Å². The summed E-state index contributed by atoms with van der Waals surface area (Å²) in [6.45, 7) is 0. The van der Waals surface area contributed by atoms with Crippen molar-refractivity contribution >= 4 is 0 Å². The van der Waals surface area contributed by atoms with Gasteiger partial charge >= 0.3 is 0 Å². The van der Waals surface area contributed by atoms with Crippen molar-refractivity contribution < 1.29 is 8.78 Å². The second-order valence-corrected chi connectivity index (χ2v) is 3.30. The first kappa shape index (κ1) is 10.5. The summed E-state index contributed by atoms with van der Waals surface area (Å²) in [4.78, 5) is 16.8. The second-order valence-electron chi connectivity index (χ2n) is 3.30. The van der Waals surface area contributed by atoms with Crippen molar-refractivity contribution in [2.24, 2.45) is 0 Å². The molecule has 16 heavy (non-hydrogen) atoms. The minimum Gasteiger partial charge on any atom is -0.311 e. The van der Waals surface area contributed by atoms with Crippen LogP contribution in [0, 0.1) is 11.6 Å². The summed E-state index contributed by atoms with van der Waals surface area (Å²) in [6.07, 6.45) is 1.31. The number of nitrogens with zero attached hydrogens (tertiary/aromatic N) is 1. The Hall–Kier alpha value is -2.04. The molecule has 1 aromatic carbocycles. The molecule has 0 atom stereocenters. The molecule has 0 saturated heterocycles. The third-order valence-corrected chi connectivity index (χ3v) is 2.15. The Morgan fingerprint density at radius 1 is 1.19 bits per heavy atom. The van der Waals surface area contributed by atoms with Crippen molar-refractivity contribution in [2.75, 3.05) is 0 Å². The average molecular weight is 222 g/mol. The zero-order valence-electron chi connectivity index (χ0n) is 8.21. The quantitative estimate of drug-likeness (QED) is 0.839. The number of aromatic amines is 1. The normalized spacial score (nSPS) is 10.4. The molecule has 0 unspecified atom stereocenters. The predicted molar refractivity (Wildman–Crippen MR) is 54.0 cm³/mol. The van der Waals surface area contributed by atoms with Crippen molar-refractivity contribution in [1.29, 1.82) is 0 Å². The average Bonchev–Trinajstić information content (AvgIpc) is 2.28. The van der Waals surface area contributed by atoms with E-state index in [1.807, 2.05) is 0 Å². The minimum absolute atomic E-state index is 0.0513. The fourth-order valence-corrected chi connectivity index (χ4v) is 1.34. The van der Waals surface area contributed by atoms with Crippen LogP contribution in [0.2, 0.25) is 0 Å². The Kier molecular flexibility index (Phi) is 2.76. The van der Waals surface area contributed by atoms with Crippen LogP contribution in [0.25, 0.3) is 0 Å². The van der Waals surface area contributed by atoms with Crippen LogP contribution in [0.1, 0.15) is 11.3 Å². The van der Waals surface area contributed by atoms with E-state index in [-0.39, 0.29) is 17.9 Å². The van der Waals surface area contributed by atoms with Crippen molar-refractivity contribution in [3.63, 3.8) is 0 Å². The van der Waals surface area contributed by atoms with Crippen LogP contribution in [-0.4, -0.2) is 9.97 Å². The van der Waals surface area contributed by atoms with Crippen LogP contribution in [-0.2, 0) is 6.42 Å². The Bertz CT molecular complexity index is 549. The molecule has 0 amide bonds. The summed E-state index contributed by atoms with van der Waals surface area (Å²) in [6, 6.07) is 5.61. The molecule has 0 bridgehead atoms. The van der Waals surface area contributed by atoms with Gasteiger partial charge < -0.3 is 4.98 Å². The molecule has 1 aromatic heterocycles. The Balaban J connectivity index is 2.30. The van der Waals surface area contributed by atoms with Gasteiger partial charge in [0.1, 0.15) is 5.82 Å². The molecule has 0 aliphatic carbocycles. The zero-order chi connectivity index (χ0) is 11.5. The number of benzene rings is 1. The molecule has 1 N–H and O–H groups in total. The van der Waals surface area contributed by atoms with Gasteiger partial charge in [0.2, 0.25) is 5.82 Å². The highest BCUT2D eigenvalue weighted by Gasteiger charge is 2.08. The van der Waals surface area contributed by atoms with Gasteiger partial charge in [0.25, 0.3) is 5.56 Å². The van der Waals surface area contributed by atoms with E-state index in [0.717, 1.165) is 6.33 Å². The summed E-state index contributed by atoms with van der Waals surface area (Å²) < 4.78 is 25.9. The SMILES string of the molecule is O=c1[nH]cnc(Cc2ccc(F)cc2)c1F. The Morgan fingerprint density at radius 2 is 1.88 bits per heavy atom. The van der Waals surface area contributed by atoms with Crippen molar-refractivity contribution in [2.45, 2.75) is 6.42 Å². The molecule has 0 aliphatic heterocycles. The van der Waals surface area contributed by atoms with Gasteiger partial charge in [0, 0.05) is 6.42 Å². The molecule has 0 saturated carbocycles. The second kappa shape index (κ2) is 4.22. The van der Waals surface area contributed by atoms with Gasteiger partial charge in [-0.2, -0.15) is 4.39 Å². The lowest BCUT2D eigenvalue weighted by molar-refractivity contribution is 0.582. The van der Waals surface area contributed by atoms with Crippen molar-refractivity contribution in [1.82, 2.24) is 9.97 Å². The fourth-order valence-electron chi connectivity index (χ4n) is 1.34. The lowest BCUT2D eigenvalue weighted by Gasteiger charge is -2.01. The van der Waals surface area contributed by atoms with E-state index >= 15 is 0 Å². The number of hydrogen-bond acceptors (Lipinski definition) is 2. The molecule has 2 rings (SSSR count). The highest BCUT2D eigenvalue weighted by Crippen LogP contribution is 2.08. The summed E-state index contributed by atoms with van der Waals surface area (Å²) in [7, 11) is 0. The standard InChI is InChI=1S/C11H8F2N2O/c12-8-3-1-7(2-4-8)5-9-10(13)11(16)15-6-14-9/h1-4,6H,5H2,(H,14,15,16). The number of halogens is 2. The molecule has 0 radical (unpaired) electrons. The Labute approximate surface area is 89.8 Å². The van der Waals surface area contributed by atoms with E-state index in [4.69, 9.17) is 0 Å². The van der Waals surface area contributed by atoms with Crippen molar-refractivity contribution in [3.8, 4) is 0 Å². The van der Waals surface area contributed by atoms with Gasteiger partial charge in [-0.1, -0.05) is 12.1 Å². The monoisotopic (exact) mass is 222 g/mol. The molecule has 1 heterocycles. The summed E-state index contributed by atoms with van der Waals surface area (Å²) >= 11 is 0. The van der Waals surface area contributed by atoms with E-state index < -0.39 is 11.4 Å². The maximum atomic E-state index is 13.3. The maximum Gasteiger partial charge on any atom is 0.287 e. The van der Waals surface area contributed by atoms with E-state index in [1.54, 1.807) is 0 Å². The van der Waals surface area contributed by atoms with Crippen LogP contribution in [0.5, 0.6) is 0 Å². The molecular weight excluding hydrogens is 214 g/mol. The first-order chi connectivity index (χ1) is 7.66. The molecule has 2 aromatic rings. The van der Waals surface area contributed by atoms with Gasteiger partial charge in [-0.15, -0.1) is 0 Å². The number of nitrogens with one attached hydrogen (secondary N) is 1. The first-order valence-electron chi connectivity index (χ1n) is 4.63. The molecule has 0 spiro atoms. The van der Waals surface area contributed by atoms with E-state index in [2.05, 4.69) is 9.97 Å². The molecule has 0 fully saturated rings. The van der Waals surface area contributed by atoms with Crippen LogP contribution in [0.3, 0.4) is 0 Å². The smallest absolute Gasteiger partial charge is 0.287 e. The van der Waals surface area contributed by atoms with Gasteiger partial charge in [-0.05, 0) is 17.7 Å². The molecule has 5 heteroatoms. The number of H-pyrrole nitrogens is 1. The summed E-state index contributed by atoms with van der Waals surface area (Å²) in [5.74, 6) is -1.25. The Morgan fingerprint density at radius 3 is 2.56 bits per heavy atom. The lowest BCUT2D eigenvalue weighted by atomic mass is 10.1. The number of hydrogen-bond donors (Lipinski definition) is 1. The van der Waals surface area contributed by atoms with Gasteiger partial charge in [0.05, 0.1) is 12.0 Å². The lowest BCUT2D eigenvalue weighted by Crippen LogP contribution is -2.14. The minimum atomic E-state index is -0.896. The third-order valence-electron chi connectivity index (χ3n) is 2.15. The summed E-state index contributed by atoms with van der Waals surface area (Å²) in [5.41, 5.74) is -0.0548. The van der Waals surface area contributed by atoms with Gasteiger partial charge in [-0.25, -0.2) is 9.37 Å². The predicted octanol–water partition coefficient (Wildman–Crippen LogP) is 1.64. The van der Waals surface area contributed by atoms with Gasteiger partial charge in [-0.3, -0.25) is 4.79 Å². The first-order valence-corrected chi connectivity index (χ1v) is 4.63. The van der Waals surface area contributed by atoms with E-state index in [1.165, 1.54) is 24.3 Å². The van der Waals surface area contributed by atoms with Crippen LogP contribution >= 0.6 is 0 Å². The van der Waals surface area contributed by atoms with Gasteiger partial charge in [0.15, 0.2) is 0 Å². The van der Waals surface area contributed by atoms with E-state index in [0.29, 0.717) is 5.56 Å². The topological polar surface area (TPSA) is 45.8 Å². The largest absolute Gasteiger partial charge is 0.311 e.